The molecular weight excluding hydrogens is 400 g/mol. The first-order valence-corrected chi connectivity index (χ1v) is 10.4. The van der Waals surface area contributed by atoms with E-state index in [2.05, 4.69) is 0 Å². The molecule has 0 saturated heterocycles. The molecule has 0 aliphatic carbocycles. The van der Waals surface area contributed by atoms with Crippen molar-refractivity contribution in [3.8, 4) is 23.0 Å². The van der Waals surface area contributed by atoms with Crippen LogP contribution in [0.5, 0.6) is 23.0 Å². The highest BCUT2D eigenvalue weighted by Gasteiger charge is 2.25. The van der Waals surface area contributed by atoms with E-state index < -0.39 is 5.92 Å². The van der Waals surface area contributed by atoms with Crippen LogP contribution in [0.2, 0.25) is 0 Å². The Morgan fingerprint density at radius 3 is 1.44 bits per heavy atom. The van der Waals surface area contributed by atoms with Crippen LogP contribution in [0.15, 0.2) is 84.9 Å². The van der Waals surface area contributed by atoms with E-state index in [0.29, 0.717) is 32.7 Å². The number of aromatic hydroxyl groups is 4. The molecular formula is C28H22O4. The molecule has 4 heteroatoms. The van der Waals surface area contributed by atoms with Crippen LogP contribution in [0.4, 0.5) is 0 Å². The number of rotatable bonds is 3. The van der Waals surface area contributed by atoms with Gasteiger partial charge in [0, 0.05) is 38.6 Å². The van der Waals surface area contributed by atoms with Gasteiger partial charge in [0.05, 0.1) is 0 Å². The van der Waals surface area contributed by atoms with E-state index in [4.69, 9.17) is 0 Å². The highest BCUT2D eigenvalue weighted by Crippen LogP contribution is 2.46. The van der Waals surface area contributed by atoms with Gasteiger partial charge in [-0.2, -0.15) is 0 Å². The monoisotopic (exact) mass is 422 g/mol. The molecule has 0 heterocycles. The summed E-state index contributed by atoms with van der Waals surface area (Å²) in [5.41, 5.74) is 3.23. The highest BCUT2D eigenvalue weighted by molar-refractivity contribution is 5.96. The van der Waals surface area contributed by atoms with Gasteiger partial charge in [0.15, 0.2) is 0 Å². The second kappa shape index (κ2) is 7.50. The van der Waals surface area contributed by atoms with Crippen LogP contribution >= 0.6 is 0 Å². The van der Waals surface area contributed by atoms with Crippen molar-refractivity contribution in [2.45, 2.75) is 12.8 Å². The van der Waals surface area contributed by atoms with E-state index >= 15 is 0 Å². The van der Waals surface area contributed by atoms with Crippen LogP contribution in [0.3, 0.4) is 0 Å². The Morgan fingerprint density at radius 2 is 0.969 bits per heavy atom. The summed E-state index contributed by atoms with van der Waals surface area (Å²) in [6.07, 6.45) is 0. The summed E-state index contributed by atoms with van der Waals surface area (Å²) in [7, 11) is 0. The zero-order chi connectivity index (χ0) is 22.4. The summed E-state index contributed by atoms with van der Waals surface area (Å²) in [6, 6.07) is 25.2. The van der Waals surface area contributed by atoms with Crippen molar-refractivity contribution < 1.29 is 20.4 Å². The molecule has 0 aliphatic heterocycles. The Kier molecular flexibility index (Phi) is 4.63. The lowest BCUT2D eigenvalue weighted by Crippen LogP contribution is -2.05. The molecule has 0 spiro atoms. The number of hydrogen-bond acceptors (Lipinski definition) is 4. The predicted molar refractivity (Wildman–Crippen MR) is 127 cm³/mol. The van der Waals surface area contributed by atoms with Gasteiger partial charge in [-0.25, -0.2) is 0 Å². The number of aryl methyl sites for hydroxylation is 1. The molecule has 5 rings (SSSR count). The standard InChI is InChI=1S/C28H22O4/c1-16-8-10-17(11-9-16)26(22-14-12-18-20(27(22)31)4-2-6-24(18)29)23-15-13-19-21(28(23)32)5-3-7-25(19)30/h2-15,26,29-32H,1H3. The maximum Gasteiger partial charge on any atom is 0.127 e. The lowest BCUT2D eigenvalue weighted by Gasteiger charge is -2.23. The van der Waals surface area contributed by atoms with Gasteiger partial charge in [-0.1, -0.05) is 78.4 Å². The third kappa shape index (κ3) is 3.08. The van der Waals surface area contributed by atoms with Crippen molar-refractivity contribution in [2.75, 3.05) is 0 Å². The summed E-state index contributed by atoms with van der Waals surface area (Å²) < 4.78 is 0. The summed E-state index contributed by atoms with van der Waals surface area (Å²) in [5, 5.41) is 45.1. The molecule has 0 aliphatic rings. The highest BCUT2D eigenvalue weighted by atomic mass is 16.3. The van der Waals surface area contributed by atoms with Crippen LogP contribution in [0.1, 0.15) is 28.2 Å². The molecule has 4 N–H and O–H groups in total. The van der Waals surface area contributed by atoms with E-state index in [0.717, 1.165) is 11.1 Å². The Labute approximate surface area is 185 Å². The van der Waals surface area contributed by atoms with Gasteiger partial charge < -0.3 is 20.4 Å². The van der Waals surface area contributed by atoms with Crippen LogP contribution in [0, 0.1) is 6.92 Å². The quantitative estimate of drug-likeness (QED) is 0.257. The van der Waals surface area contributed by atoms with E-state index in [9.17, 15) is 20.4 Å². The normalized spacial score (nSPS) is 11.4. The minimum absolute atomic E-state index is 0.0550. The first-order chi connectivity index (χ1) is 15.5. The van der Waals surface area contributed by atoms with E-state index in [-0.39, 0.29) is 23.0 Å². The maximum absolute atomic E-state index is 11.2. The van der Waals surface area contributed by atoms with Crippen molar-refractivity contribution in [3.63, 3.8) is 0 Å². The SMILES string of the molecule is Cc1ccc(C(c2ccc3c(O)cccc3c2O)c2ccc3c(O)cccc3c2O)cc1. The molecule has 0 fully saturated rings. The Morgan fingerprint density at radius 1 is 0.500 bits per heavy atom. The van der Waals surface area contributed by atoms with E-state index in [1.807, 2.05) is 31.2 Å². The second-order valence-corrected chi connectivity index (χ2v) is 8.10. The molecule has 158 valence electrons. The number of benzene rings is 5. The average Bonchev–Trinajstić information content (AvgIpc) is 2.79. The third-order valence-electron chi connectivity index (χ3n) is 6.12. The summed E-state index contributed by atoms with van der Waals surface area (Å²) in [5.74, 6) is -0.159. The molecule has 0 amide bonds. The van der Waals surface area contributed by atoms with Gasteiger partial charge in [-0.05, 0) is 24.6 Å². The van der Waals surface area contributed by atoms with Gasteiger partial charge >= 0.3 is 0 Å². The van der Waals surface area contributed by atoms with Crippen LogP contribution < -0.4 is 0 Å². The fourth-order valence-corrected chi connectivity index (χ4v) is 4.44. The molecule has 5 aromatic rings. The fraction of sp³-hybridized carbons (Fsp3) is 0.0714. The molecule has 4 nitrogen and oxygen atoms in total. The first kappa shape index (κ1) is 19.8. The predicted octanol–water partition coefficient (Wildman–Crippen LogP) is 6.30. The largest absolute Gasteiger partial charge is 0.507 e. The fourth-order valence-electron chi connectivity index (χ4n) is 4.44. The summed E-state index contributed by atoms with van der Waals surface area (Å²) in [4.78, 5) is 0. The molecule has 0 radical (unpaired) electrons. The summed E-state index contributed by atoms with van der Waals surface area (Å²) in [6.45, 7) is 2.01. The maximum atomic E-state index is 11.2. The van der Waals surface area contributed by atoms with Gasteiger partial charge in [0.2, 0.25) is 0 Å². The van der Waals surface area contributed by atoms with Crippen LogP contribution in [0.25, 0.3) is 21.5 Å². The third-order valence-corrected chi connectivity index (χ3v) is 6.12. The Bertz CT molecular complexity index is 1380. The lowest BCUT2D eigenvalue weighted by atomic mass is 9.82. The molecule has 0 atom stereocenters. The first-order valence-electron chi connectivity index (χ1n) is 10.4. The Hall–Kier alpha value is -4.18. The van der Waals surface area contributed by atoms with Crippen LogP contribution in [-0.2, 0) is 0 Å². The average molecular weight is 422 g/mol. The molecule has 5 aromatic carbocycles. The number of fused-ring (bicyclic) bond motifs is 2. The molecule has 0 saturated carbocycles. The molecule has 0 aromatic heterocycles. The zero-order valence-corrected chi connectivity index (χ0v) is 17.4. The van der Waals surface area contributed by atoms with E-state index in [1.54, 1.807) is 60.7 Å². The minimum Gasteiger partial charge on any atom is -0.507 e. The lowest BCUT2D eigenvalue weighted by molar-refractivity contribution is 0.463. The molecule has 0 bridgehead atoms. The molecule has 32 heavy (non-hydrogen) atoms. The number of phenolic OH excluding ortho intramolecular Hbond substituents is 4. The minimum atomic E-state index is -0.464. The van der Waals surface area contributed by atoms with Crippen molar-refractivity contribution >= 4 is 21.5 Å². The van der Waals surface area contributed by atoms with Gasteiger partial charge in [0.25, 0.3) is 0 Å². The second-order valence-electron chi connectivity index (χ2n) is 8.10. The number of hydrogen-bond donors (Lipinski definition) is 4. The smallest absolute Gasteiger partial charge is 0.127 e. The van der Waals surface area contributed by atoms with Crippen molar-refractivity contribution in [1.29, 1.82) is 0 Å². The topological polar surface area (TPSA) is 80.9 Å². The Balaban J connectivity index is 1.81. The summed E-state index contributed by atoms with van der Waals surface area (Å²) >= 11 is 0. The van der Waals surface area contributed by atoms with E-state index in [1.165, 1.54) is 0 Å². The van der Waals surface area contributed by atoms with Crippen molar-refractivity contribution in [1.82, 2.24) is 0 Å². The van der Waals surface area contributed by atoms with Crippen molar-refractivity contribution in [2.24, 2.45) is 0 Å². The van der Waals surface area contributed by atoms with Crippen LogP contribution in [-0.4, -0.2) is 20.4 Å². The zero-order valence-electron chi connectivity index (χ0n) is 17.4. The molecule has 0 unspecified atom stereocenters. The van der Waals surface area contributed by atoms with Gasteiger partial charge in [0.1, 0.15) is 23.0 Å². The number of phenols is 4. The van der Waals surface area contributed by atoms with Crippen molar-refractivity contribution in [3.05, 3.63) is 107 Å². The van der Waals surface area contributed by atoms with Gasteiger partial charge in [-0.3, -0.25) is 0 Å². The van der Waals surface area contributed by atoms with Gasteiger partial charge in [-0.15, -0.1) is 0 Å².